The van der Waals surface area contributed by atoms with E-state index in [0.29, 0.717) is 16.8 Å². The summed E-state index contributed by atoms with van der Waals surface area (Å²) >= 11 is 6.04. The normalized spacial score (nSPS) is 17.2. The van der Waals surface area contributed by atoms with Crippen LogP contribution in [0.4, 0.5) is 5.82 Å². The highest BCUT2D eigenvalue weighted by Gasteiger charge is 2.35. The number of hydrogen-bond acceptors (Lipinski definition) is 5. The van der Waals surface area contributed by atoms with Gasteiger partial charge in [-0.15, -0.1) is 0 Å². The average Bonchev–Trinajstić information content (AvgIpc) is 3.52. The highest BCUT2D eigenvalue weighted by atomic mass is 35.5. The number of piperazine rings is 1. The van der Waals surface area contributed by atoms with Crippen molar-refractivity contribution in [3.8, 4) is 5.69 Å². The summed E-state index contributed by atoms with van der Waals surface area (Å²) in [5.41, 5.74) is 2.60. The van der Waals surface area contributed by atoms with Crippen LogP contribution in [0.25, 0.3) is 16.7 Å². The molecule has 1 aromatic carbocycles. The minimum absolute atomic E-state index is 0.273. The number of aryl methyl sites for hydroxylation is 2. The van der Waals surface area contributed by atoms with Gasteiger partial charge in [0.15, 0.2) is 5.65 Å². The Kier molecular flexibility index (Phi) is 4.42. The first-order chi connectivity index (χ1) is 14.0. The lowest BCUT2D eigenvalue weighted by atomic mass is 10.2. The van der Waals surface area contributed by atoms with Crippen LogP contribution in [0.3, 0.4) is 0 Å². The minimum Gasteiger partial charge on any atom is -0.352 e. The molecule has 1 aliphatic heterocycles. The van der Waals surface area contributed by atoms with E-state index in [0.717, 1.165) is 67.3 Å². The second-order valence-electron chi connectivity index (χ2n) is 7.85. The van der Waals surface area contributed by atoms with Crippen molar-refractivity contribution in [2.45, 2.75) is 26.7 Å². The van der Waals surface area contributed by atoms with Crippen molar-refractivity contribution >= 4 is 34.4 Å². The molecule has 1 amide bonds. The number of aromatic nitrogens is 4. The van der Waals surface area contributed by atoms with Crippen LogP contribution in [0.2, 0.25) is 5.02 Å². The summed E-state index contributed by atoms with van der Waals surface area (Å²) in [5.74, 6) is 2.21. The van der Waals surface area contributed by atoms with Gasteiger partial charge in [-0.2, -0.15) is 5.10 Å². The lowest BCUT2D eigenvalue weighted by Gasteiger charge is -2.35. The zero-order valence-electron chi connectivity index (χ0n) is 16.6. The fourth-order valence-corrected chi connectivity index (χ4v) is 4.11. The first-order valence-corrected chi connectivity index (χ1v) is 10.4. The van der Waals surface area contributed by atoms with E-state index in [4.69, 9.17) is 26.7 Å². The van der Waals surface area contributed by atoms with E-state index in [1.165, 1.54) is 0 Å². The van der Waals surface area contributed by atoms with E-state index in [2.05, 4.69) is 4.90 Å². The number of benzene rings is 1. The van der Waals surface area contributed by atoms with Crippen molar-refractivity contribution in [1.82, 2.24) is 24.6 Å². The number of fused-ring (bicyclic) bond motifs is 1. The fraction of sp³-hybridized carbons (Fsp3) is 0.429. The van der Waals surface area contributed by atoms with Crippen molar-refractivity contribution in [1.29, 1.82) is 0 Å². The third-order valence-electron chi connectivity index (χ3n) is 5.68. The van der Waals surface area contributed by atoms with Crippen molar-refractivity contribution < 1.29 is 4.79 Å². The van der Waals surface area contributed by atoms with Gasteiger partial charge in [-0.05, 0) is 51.0 Å². The van der Waals surface area contributed by atoms with Gasteiger partial charge < -0.3 is 9.80 Å². The molecule has 0 atom stereocenters. The zero-order valence-corrected chi connectivity index (χ0v) is 17.4. The Hall–Kier alpha value is -2.67. The van der Waals surface area contributed by atoms with E-state index >= 15 is 0 Å². The number of hydrogen-bond donors (Lipinski definition) is 0. The summed E-state index contributed by atoms with van der Waals surface area (Å²) in [6, 6.07) is 7.58. The molecule has 3 aromatic rings. The van der Waals surface area contributed by atoms with E-state index in [9.17, 15) is 4.79 Å². The molecule has 5 rings (SSSR count). The van der Waals surface area contributed by atoms with Crippen LogP contribution in [0.15, 0.2) is 24.3 Å². The standard InChI is InChI=1S/C21H23ClN6O/c1-13-18-19(26-9-11-27(12-10-26)21(29)15-3-4-15)23-14(2)24-20(18)28(25-13)17-7-5-16(22)6-8-17/h5-8,15H,3-4,9-12H2,1-2H3. The number of amides is 1. The SMILES string of the molecule is Cc1nc(N2CCN(C(=O)C3CC3)CC2)c2c(C)nn(-c3ccc(Cl)cc3)c2n1. The predicted molar refractivity (Wildman–Crippen MR) is 113 cm³/mol. The van der Waals surface area contributed by atoms with Crippen molar-refractivity contribution in [3.05, 3.63) is 40.8 Å². The van der Waals surface area contributed by atoms with Crippen LogP contribution in [0.5, 0.6) is 0 Å². The third kappa shape index (κ3) is 3.33. The third-order valence-corrected chi connectivity index (χ3v) is 5.94. The van der Waals surface area contributed by atoms with Gasteiger partial charge in [0.2, 0.25) is 5.91 Å². The van der Waals surface area contributed by atoms with E-state index in [-0.39, 0.29) is 5.92 Å². The van der Waals surface area contributed by atoms with E-state index in [1.54, 1.807) is 0 Å². The second-order valence-corrected chi connectivity index (χ2v) is 8.29. The molecular weight excluding hydrogens is 388 g/mol. The first kappa shape index (κ1) is 18.4. The van der Waals surface area contributed by atoms with Gasteiger partial charge in [0, 0.05) is 37.1 Å². The van der Waals surface area contributed by atoms with Crippen LogP contribution in [0, 0.1) is 19.8 Å². The van der Waals surface area contributed by atoms with Crippen LogP contribution in [-0.4, -0.2) is 56.7 Å². The summed E-state index contributed by atoms with van der Waals surface area (Å²) in [7, 11) is 0. The van der Waals surface area contributed by atoms with Crippen molar-refractivity contribution in [3.63, 3.8) is 0 Å². The summed E-state index contributed by atoms with van der Waals surface area (Å²) in [6.45, 7) is 6.92. The molecule has 3 heterocycles. The summed E-state index contributed by atoms with van der Waals surface area (Å²) < 4.78 is 1.85. The molecule has 2 aliphatic rings. The van der Waals surface area contributed by atoms with E-state index < -0.39 is 0 Å². The Bertz CT molecular complexity index is 1080. The lowest BCUT2D eigenvalue weighted by molar-refractivity contribution is -0.132. The van der Waals surface area contributed by atoms with Crippen molar-refractivity contribution in [2.75, 3.05) is 31.1 Å². The quantitative estimate of drug-likeness (QED) is 0.663. The maximum Gasteiger partial charge on any atom is 0.225 e. The topological polar surface area (TPSA) is 67.2 Å². The van der Waals surface area contributed by atoms with Gasteiger partial charge in [0.25, 0.3) is 0 Å². The maximum absolute atomic E-state index is 12.4. The average molecular weight is 411 g/mol. The molecule has 0 N–H and O–H groups in total. The molecule has 1 aliphatic carbocycles. The monoisotopic (exact) mass is 410 g/mol. The van der Waals surface area contributed by atoms with Gasteiger partial charge in [-0.25, -0.2) is 14.6 Å². The molecule has 150 valence electrons. The van der Waals surface area contributed by atoms with Crippen molar-refractivity contribution in [2.24, 2.45) is 5.92 Å². The number of anilines is 1. The minimum atomic E-state index is 0.273. The number of nitrogens with zero attached hydrogens (tertiary/aromatic N) is 6. The molecule has 2 aromatic heterocycles. The molecule has 2 fully saturated rings. The molecule has 1 saturated heterocycles. The largest absolute Gasteiger partial charge is 0.352 e. The molecule has 1 saturated carbocycles. The van der Waals surface area contributed by atoms with Crippen LogP contribution < -0.4 is 4.90 Å². The molecule has 0 bridgehead atoms. The van der Waals surface area contributed by atoms with Gasteiger partial charge in [-0.3, -0.25) is 4.79 Å². The van der Waals surface area contributed by atoms with Gasteiger partial charge in [0.1, 0.15) is 11.6 Å². The summed E-state index contributed by atoms with van der Waals surface area (Å²) in [4.78, 5) is 26.1. The molecule has 29 heavy (non-hydrogen) atoms. The summed E-state index contributed by atoms with van der Waals surface area (Å²) in [6.07, 6.45) is 2.10. The molecule has 0 spiro atoms. The van der Waals surface area contributed by atoms with Crippen LogP contribution in [-0.2, 0) is 4.79 Å². The molecule has 0 radical (unpaired) electrons. The first-order valence-electron chi connectivity index (χ1n) is 10.0. The lowest BCUT2D eigenvalue weighted by Crippen LogP contribution is -2.49. The predicted octanol–water partition coefficient (Wildman–Crippen LogP) is 3.14. The van der Waals surface area contributed by atoms with E-state index in [1.807, 2.05) is 47.7 Å². The number of rotatable bonds is 3. The number of carbonyl (C=O) groups is 1. The molecular formula is C21H23ClN6O. The Morgan fingerprint density at radius 3 is 2.38 bits per heavy atom. The highest BCUT2D eigenvalue weighted by molar-refractivity contribution is 6.30. The highest BCUT2D eigenvalue weighted by Crippen LogP contribution is 2.33. The molecule has 7 nitrogen and oxygen atoms in total. The van der Waals surface area contributed by atoms with Crippen LogP contribution in [0.1, 0.15) is 24.4 Å². The Morgan fingerprint density at radius 1 is 1.03 bits per heavy atom. The van der Waals surface area contributed by atoms with Gasteiger partial charge in [-0.1, -0.05) is 11.6 Å². The zero-order chi connectivity index (χ0) is 20.1. The Labute approximate surface area is 174 Å². The van der Waals surface area contributed by atoms with Gasteiger partial charge in [0.05, 0.1) is 16.8 Å². The maximum atomic E-state index is 12.4. The fourth-order valence-electron chi connectivity index (χ4n) is 3.99. The van der Waals surface area contributed by atoms with Gasteiger partial charge >= 0.3 is 0 Å². The smallest absolute Gasteiger partial charge is 0.225 e. The number of carbonyl (C=O) groups excluding carboxylic acids is 1. The van der Waals surface area contributed by atoms with Crippen LogP contribution >= 0.6 is 11.6 Å². The molecule has 8 heteroatoms. The summed E-state index contributed by atoms with van der Waals surface area (Å²) in [5, 5.41) is 6.39. The molecule has 0 unspecified atom stereocenters. The number of halogens is 1. The Balaban J connectivity index is 1.50. The Morgan fingerprint density at radius 2 is 1.72 bits per heavy atom. The second kappa shape index (κ2) is 6.99.